The number of allylic oxidation sites excluding steroid dienone is 2. The summed E-state index contributed by atoms with van der Waals surface area (Å²) in [6.45, 7) is 0. The Balaban J connectivity index is 1.99. The van der Waals surface area contributed by atoms with Gasteiger partial charge in [-0.15, -0.1) is 0 Å². The lowest BCUT2D eigenvalue weighted by molar-refractivity contribution is -0.114. The number of benzene rings is 1. The van der Waals surface area contributed by atoms with Crippen LogP contribution in [0.3, 0.4) is 0 Å². The van der Waals surface area contributed by atoms with Gasteiger partial charge in [-0.1, -0.05) is 36.4 Å². The lowest BCUT2D eigenvalue weighted by Gasteiger charge is -2.05. The van der Waals surface area contributed by atoms with Crippen LogP contribution in [0.5, 0.6) is 0 Å². The SMILES string of the molecule is O=C1C=CC(CC(=O)c2ccccc2)C1. The summed E-state index contributed by atoms with van der Waals surface area (Å²) in [7, 11) is 0. The first kappa shape index (κ1) is 9.84. The fourth-order valence-electron chi connectivity index (χ4n) is 1.76. The number of rotatable bonds is 3. The number of ketones is 2. The molecule has 1 atom stereocenters. The normalized spacial score (nSPS) is 19.5. The van der Waals surface area contributed by atoms with Gasteiger partial charge in [0.15, 0.2) is 11.6 Å². The van der Waals surface area contributed by atoms with Crippen molar-refractivity contribution in [2.24, 2.45) is 5.92 Å². The molecule has 0 bridgehead atoms. The Morgan fingerprint density at radius 1 is 1.27 bits per heavy atom. The van der Waals surface area contributed by atoms with Crippen molar-refractivity contribution in [3.63, 3.8) is 0 Å². The van der Waals surface area contributed by atoms with Crippen LogP contribution in [0.4, 0.5) is 0 Å². The number of carbonyl (C=O) groups is 2. The molecule has 2 rings (SSSR count). The molecule has 2 heteroatoms. The van der Waals surface area contributed by atoms with Crippen LogP contribution in [0.1, 0.15) is 23.2 Å². The molecule has 1 unspecified atom stereocenters. The Bertz CT molecular complexity index is 404. The van der Waals surface area contributed by atoms with E-state index in [9.17, 15) is 9.59 Å². The van der Waals surface area contributed by atoms with Gasteiger partial charge in [-0.05, 0) is 12.0 Å². The molecule has 0 aromatic heterocycles. The van der Waals surface area contributed by atoms with Crippen molar-refractivity contribution in [1.82, 2.24) is 0 Å². The van der Waals surface area contributed by atoms with E-state index in [1.807, 2.05) is 36.4 Å². The van der Waals surface area contributed by atoms with Gasteiger partial charge >= 0.3 is 0 Å². The van der Waals surface area contributed by atoms with E-state index in [2.05, 4.69) is 0 Å². The van der Waals surface area contributed by atoms with Crippen LogP contribution in [0, 0.1) is 5.92 Å². The highest BCUT2D eigenvalue weighted by Gasteiger charge is 2.19. The van der Waals surface area contributed by atoms with Crippen molar-refractivity contribution < 1.29 is 9.59 Å². The molecule has 0 radical (unpaired) electrons. The lowest BCUT2D eigenvalue weighted by Crippen LogP contribution is -2.06. The second-order valence-corrected chi connectivity index (χ2v) is 3.78. The third kappa shape index (κ3) is 2.40. The summed E-state index contributed by atoms with van der Waals surface area (Å²) >= 11 is 0. The molecule has 0 N–H and O–H groups in total. The maximum Gasteiger partial charge on any atom is 0.163 e. The van der Waals surface area contributed by atoms with E-state index in [1.54, 1.807) is 6.08 Å². The highest BCUT2D eigenvalue weighted by Crippen LogP contribution is 2.20. The van der Waals surface area contributed by atoms with Gasteiger partial charge in [0.2, 0.25) is 0 Å². The van der Waals surface area contributed by atoms with Crippen molar-refractivity contribution in [3.8, 4) is 0 Å². The summed E-state index contributed by atoms with van der Waals surface area (Å²) in [5.74, 6) is 0.339. The number of hydrogen-bond donors (Lipinski definition) is 0. The van der Waals surface area contributed by atoms with Crippen LogP contribution >= 0.6 is 0 Å². The largest absolute Gasteiger partial charge is 0.295 e. The molecule has 1 aromatic rings. The summed E-state index contributed by atoms with van der Waals surface area (Å²) in [5, 5.41) is 0. The molecule has 1 aromatic carbocycles. The third-order valence-electron chi connectivity index (χ3n) is 2.56. The molecule has 2 nitrogen and oxygen atoms in total. The van der Waals surface area contributed by atoms with Gasteiger partial charge in [-0.2, -0.15) is 0 Å². The fourth-order valence-corrected chi connectivity index (χ4v) is 1.76. The zero-order chi connectivity index (χ0) is 10.7. The van der Waals surface area contributed by atoms with E-state index >= 15 is 0 Å². The number of hydrogen-bond acceptors (Lipinski definition) is 2. The van der Waals surface area contributed by atoms with Crippen molar-refractivity contribution in [3.05, 3.63) is 48.0 Å². The van der Waals surface area contributed by atoms with E-state index in [0.29, 0.717) is 12.8 Å². The minimum absolute atomic E-state index is 0.102. The first-order valence-electron chi connectivity index (χ1n) is 5.05. The Kier molecular flexibility index (Phi) is 2.77. The quantitative estimate of drug-likeness (QED) is 0.702. The van der Waals surface area contributed by atoms with E-state index in [4.69, 9.17) is 0 Å². The van der Waals surface area contributed by atoms with Gasteiger partial charge in [0.25, 0.3) is 0 Å². The molecule has 0 saturated heterocycles. The molecule has 0 amide bonds. The Labute approximate surface area is 88.6 Å². The zero-order valence-corrected chi connectivity index (χ0v) is 8.35. The van der Waals surface area contributed by atoms with E-state index < -0.39 is 0 Å². The van der Waals surface area contributed by atoms with E-state index in [1.165, 1.54) is 0 Å². The van der Waals surface area contributed by atoms with Gasteiger partial charge < -0.3 is 0 Å². The average Bonchev–Trinajstić information content (AvgIpc) is 2.65. The Morgan fingerprint density at radius 3 is 2.60 bits per heavy atom. The van der Waals surface area contributed by atoms with Crippen LogP contribution in [-0.4, -0.2) is 11.6 Å². The summed E-state index contributed by atoms with van der Waals surface area (Å²) in [4.78, 5) is 22.7. The lowest BCUT2D eigenvalue weighted by atomic mass is 9.98. The van der Waals surface area contributed by atoms with Crippen molar-refractivity contribution in [2.75, 3.05) is 0 Å². The third-order valence-corrected chi connectivity index (χ3v) is 2.56. The first-order valence-corrected chi connectivity index (χ1v) is 5.05. The van der Waals surface area contributed by atoms with Gasteiger partial charge in [-0.25, -0.2) is 0 Å². The van der Waals surface area contributed by atoms with Crippen molar-refractivity contribution >= 4 is 11.6 Å². The predicted octanol–water partition coefficient (Wildman–Crippen LogP) is 2.40. The zero-order valence-electron chi connectivity index (χ0n) is 8.35. The second-order valence-electron chi connectivity index (χ2n) is 3.78. The molecule has 0 heterocycles. The standard InChI is InChI=1S/C13H12O2/c14-12-7-6-10(8-12)9-13(15)11-4-2-1-3-5-11/h1-7,10H,8-9H2. The molecule has 0 spiro atoms. The fraction of sp³-hybridized carbons (Fsp3) is 0.231. The van der Waals surface area contributed by atoms with Crippen LogP contribution < -0.4 is 0 Å². The van der Waals surface area contributed by atoms with Crippen LogP contribution in [-0.2, 0) is 4.79 Å². The van der Waals surface area contributed by atoms with Crippen molar-refractivity contribution in [2.45, 2.75) is 12.8 Å². The monoisotopic (exact) mass is 200 g/mol. The Morgan fingerprint density at radius 2 is 2.00 bits per heavy atom. The predicted molar refractivity (Wildman–Crippen MR) is 57.6 cm³/mol. The topological polar surface area (TPSA) is 34.1 Å². The maximum absolute atomic E-state index is 11.8. The summed E-state index contributed by atoms with van der Waals surface area (Å²) < 4.78 is 0. The minimum Gasteiger partial charge on any atom is -0.295 e. The molecular formula is C13H12O2. The molecule has 1 aliphatic carbocycles. The molecule has 0 saturated carbocycles. The van der Waals surface area contributed by atoms with E-state index in [0.717, 1.165) is 5.56 Å². The summed E-state index contributed by atoms with van der Waals surface area (Å²) in [6, 6.07) is 9.20. The molecule has 76 valence electrons. The van der Waals surface area contributed by atoms with Gasteiger partial charge in [0.05, 0.1) is 0 Å². The molecule has 0 aliphatic heterocycles. The maximum atomic E-state index is 11.8. The van der Waals surface area contributed by atoms with E-state index in [-0.39, 0.29) is 17.5 Å². The summed E-state index contributed by atoms with van der Waals surface area (Å²) in [6.07, 6.45) is 4.33. The minimum atomic E-state index is 0.102. The molecular weight excluding hydrogens is 188 g/mol. The van der Waals surface area contributed by atoms with Crippen LogP contribution in [0.2, 0.25) is 0 Å². The molecule has 1 aliphatic rings. The number of Topliss-reactive ketones (excluding diaryl/α,β-unsaturated/α-hetero) is 1. The molecule has 0 fully saturated rings. The van der Waals surface area contributed by atoms with Gasteiger partial charge in [0.1, 0.15) is 0 Å². The van der Waals surface area contributed by atoms with Gasteiger partial charge in [0, 0.05) is 18.4 Å². The van der Waals surface area contributed by atoms with Crippen LogP contribution in [0.15, 0.2) is 42.5 Å². The second kappa shape index (κ2) is 4.22. The first-order chi connectivity index (χ1) is 7.25. The van der Waals surface area contributed by atoms with Crippen LogP contribution in [0.25, 0.3) is 0 Å². The molecule has 15 heavy (non-hydrogen) atoms. The highest BCUT2D eigenvalue weighted by atomic mass is 16.1. The van der Waals surface area contributed by atoms with Crippen molar-refractivity contribution in [1.29, 1.82) is 0 Å². The van der Waals surface area contributed by atoms with Gasteiger partial charge in [-0.3, -0.25) is 9.59 Å². The Hall–Kier alpha value is -1.70. The number of carbonyl (C=O) groups excluding carboxylic acids is 2. The summed E-state index contributed by atoms with van der Waals surface area (Å²) in [5.41, 5.74) is 0.727. The highest BCUT2D eigenvalue weighted by molar-refractivity contribution is 5.98. The smallest absolute Gasteiger partial charge is 0.163 e. The average molecular weight is 200 g/mol.